The molecule has 2 aromatic rings. The highest BCUT2D eigenvalue weighted by molar-refractivity contribution is 6.02. The molecule has 166 valence electrons. The Hall–Kier alpha value is -2.97. The number of aliphatic hydroxyl groups is 2. The molecule has 1 aliphatic carbocycles. The van der Waals surface area contributed by atoms with Crippen molar-refractivity contribution in [3.63, 3.8) is 0 Å². The van der Waals surface area contributed by atoms with Crippen LogP contribution in [0, 0.1) is 5.41 Å². The van der Waals surface area contributed by atoms with Crippen molar-refractivity contribution < 1.29 is 24.5 Å². The van der Waals surface area contributed by atoms with E-state index in [1.165, 1.54) is 15.5 Å². The molecule has 1 aromatic heterocycles. The number of hydrogen-bond donors (Lipinski definition) is 2. The zero-order valence-corrected chi connectivity index (χ0v) is 18.1. The minimum Gasteiger partial charge on any atom is -0.497 e. The maximum atomic E-state index is 13.5. The van der Waals surface area contributed by atoms with Gasteiger partial charge in [0.25, 0.3) is 11.5 Å². The minimum absolute atomic E-state index is 0.0283. The van der Waals surface area contributed by atoms with E-state index in [1.54, 1.807) is 31.4 Å². The summed E-state index contributed by atoms with van der Waals surface area (Å²) in [4.78, 5) is 40.8. The van der Waals surface area contributed by atoms with Crippen molar-refractivity contribution in [3.8, 4) is 11.4 Å². The molecule has 3 rings (SSSR count). The van der Waals surface area contributed by atoms with Gasteiger partial charge in [-0.2, -0.15) is 0 Å². The van der Waals surface area contributed by atoms with Gasteiger partial charge >= 0.3 is 0 Å². The normalized spacial score (nSPS) is 14.8. The predicted molar refractivity (Wildman–Crippen MR) is 115 cm³/mol. The zero-order chi connectivity index (χ0) is 22.8. The molecule has 0 saturated heterocycles. The van der Waals surface area contributed by atoms with Crippen molar-refractivity contribution in [1.82, 2.24) is 9.47 Å². The van der Waals surface area contributed by atoms with Gasteiger partial charge in [0.15, 0.2) is 5.78 Å². The lowest BCUT2D eigenvalue weighted by Crippen LogP contribution is -2.42. The fraction of sp³-hybridized carbons (Fsp3) is 0.435. The van der Waals surface area contributed by atoms with E-state index < -0.39 is 11.5 Å². The molecule has 2 N–H and O–H groups in total. The number of aromatic nitrogens is 1. The van der Waals surface area contributed by atoms with Crippen LogP contribution < -0.4 is 10.3 Å². The molecule has 0 saturated carbocycles. The Kier molecular flexibility index (Phi) is 6.62. The summed E-state index contributed by atoms with van der Waals surface area (Å²) in [5.74, 6) is -0.138. The highest BCUT2D eigenvalue weighted by Crippen LogP contribution is 2.35. The first kappa shape index (κ1) is 22.7. The van der Waals surface area contributed by atoms with Crippen LogP contribution >= 0.6 is 0 Å². The number of ether oxygens (including phenoxy) is 1. The van der Waals surface area contributed by atoms with Gasteiger partial charge in [-0.05, 0) is 42.2 Å². The van der Waals surface area contributed by atoms with Gasteiger partial charge in [-0.1, -0.05) is 13.8 Å². The van der Waals surface area contributed by atoms with Crippen LogP contribution in [0.1, 0.15) is 46.7 Å². The molecule has 0 fully saturated rings. The summed E-state index contributed by atoms with van der Waals surface area (Å²) >= 11 is 0. The Bertz CT molecular complexity index is 1030. The number of methoxy groups -OCH3 is 1. The monoisotopic (exact) mass is 428 g/mol. The van der Waals surface area contributed by atoms with Gasteiger partial charge in [-0.25, -0.2) is 0 Å². The number of rotatable bonds is 7. The fourth-order valence-electron chi connectivity index (χ4n) is 4.00. The van der Waals surface area contributed by atoms with Gasteiger partial charge in [0.1, 0.15) is 11.3 Å². The second-order valence-electron chi connectivity index (χ2n) is 8.44. The first-order valence-electron chi connectivity index (χ1n) is 10.2. The lowest BCUT2D eigenvalue weighted by molar-refractivity contribution is 0.0682. The largest absolute Gasteiger partial charge is 0.497 e. The van der Waals surface area contributed by atoms with Crippen molar-refractivity contribution >= 4 is 11.7 Å². The second kappa shape index (κ2) is 9.03. The van der Waals surface area contributed by atoms with Gasteiger partial charge in [-0.3, -0.25) is 19.0 Å². The third-order valence-electron chi connectivity index (χ3n) is 5.48. The maximum absolute atomic E-state index is 13.5. The van der Waals surface area contributed by atoms with Gasteiger partial charge in [0, 0.05) is 36.5 Å². The van der Waals surface area contributed by atoms with E-state index in [-0.39, 0.29) is 43.1 Å². The first-order chi connectivity index (χ1) is 14.7. The number of carbonyl (C=O) groups excluding carboxylic acids is 2. The van der Waals surface area contributed by atoms with Crippen molar-refractivity contribution in [3.05, 3.63) is 57.5 Å². The lowest BCUT2D eigenvalue weighted by Gasteiger charge is -2.32. The molecule has 8 heteroatoms. The molecule has 0 aliphatic heterocycles. The second-order valence-corrected chi connectivity index (χ2v) is 8.44. The van der Waals surface area contributed by atoms with Crippen LogP contribution in [0.2, 0.25) is 0 Å². The average Bonchev–Trinajstić information content (AvgIpc) is 2.72. The number of aliphatic hydroxyl groups excluding tert-OH is 2. The zero-order valence-electron chi connectivity index (χ0n) is 18.1. The smallest absolute Gasteiger partial charge is 0.268 e. The summed E-state index contributed by atoms with van der Waals surface area (Å²) in [5.41, 5.74) is 0.425. The molecule has 0 bridgehead atoms. The van der Waals surface area contributed by atoms with Crippen molar-refractivity contribution in [1.29, 1.82) is 0 Å². The molecule has 1 aromatic carbocycles. The van der Waals surface area contributed by atoms with Crippen LogP contribution in [0.4, 0.5) is 0 Å². The van der Waals surface area contributed by atoms with E-state index in [9.17, 15) is 24.6 Å². The Morgan fingerprint density at radius 1 is 1.10 bits per heavy atom. The van der Waals surface area contributed by atoms with Gasteiger partial charge in [-0.15, -0.1) is 0 Å². The number of fused-ring (bicyclic) bond motifs is 1. The minimum atomic E-state index is -0.629. The number of nitrogens with zero attached hydrogens (tertiary/aromatic N) is 2. The summed E-state index contributed by atoms with van der Waals surface area (Å²) in [6.45, 7) is 3.27. The first-order valence-corrected chi connectivity index (χ1v) is 10.2. The number of pyridine rings is 1. The lowest BCUT2D eigenvalue weighted by atomic mass is 9.75. The molecule has 1 amide bonds. The molecular weight excluding hydrogens is 400 g/mol. The third-order valence-corrected chi connectivity index (χ3v) is 5.48. The summed E-state index contributed by atoms with van der Waals surface area (Å²) in [6, 6.07) is 8.21. The number of amides is 1. The van der Waals surface area contributed by atoms with E-state index in [0.29, 0.717) is 35.5 Å². The molecule has 1 heterocycles. The third kappa shape index (κ3) is 4.55. The molecule has 1 aliphatic rings. The molecule has 0 spiro atoms. The van der Waals surface area contributed by atoms with Crippen LogP contribution in [0.3, 0.4) is 0 Å². The average molecular weight is 428 g/mol. The summed E-state index contributed by atoms with van der Waals surface area (Å²) in [7, 11) is 1.54. The summed E-state index contributed by atoms with van der Waals surface area (Å²) in [6.07, 6.45) is 0.812. The number of Topliss-reactive ketones (excluding diaryl/α,β-unsaturated/α-hetero) is 1. The maximum Gasteiger partial charge on any atom is 0.268 e. The molecule has 0 radical (unpaired) electrons. The summed E-state index contributed by atoms with van der Waals surface area (Å²) < 4.78 is 6.62. The van der Waals surface area contributed by atoms with Gasteiger partial charge in [0.2, 0.25) is 0 Å². The molecule has 0 unspecified atom stereocenters. The van der Waals surface area contributed by atoms with E-state index in [0.717, 1.165) is 0 Å². The molecular formula is C23H28N2O6. The van der Waals surface area contributed by atoms with Gasteiger partial charge in [0.05, 0.1) is 20.3 Å². The van der Waals surface area contributed by atoms with Gasteiger partial charge < -0.3 is 19.8 Å². The Labute approximate surface area is 180 Å². The van der Waals surface area contributed by atoms with Crippen molar-refractivity contribution in [2.45, 2.75) is 26.7 Å². The van der Waals surface area contributed by atoms with Crippen LogP contribution in [0.5, 0.6) is 5.75 Å². The quantitative estimate of drug-likeness (QED) is 0.691. The van der Waals surface area contributed by atoms with Crippen LogP contribution in [-0.2, 0) is 6.42 Å². The number of hydrogen-bond acceptors (Lipinski definition) is 6. The SMILES string of the molecule is COc1ccc(-n2c3c(cc(C(=O)N(CCO)CCO)c2=O)C(=O)CC(C)(C)C3)cc1. The number of benzene rings is 1. The standard InChI is InChI=1S/C23H28N2O6/c1-23(2)13-19-17(20(28)14-23)12-18(21(29)24(8-10-26)9-11-27)22(30)25(19)15-4-6-16(31-3)7-5-15/h4-7,12,26-27H,8-11,13-14H2,1-3H3. The van der Waals surface area contributed by atoms with E-state index >= 15 is 0 Å². The van der Waals surface area contributed by atoms with Crippen molar-refractivity contribution in [2.75, 3.05) is 33.4 Å². The Morgan fingerprint density at radius 2 is 1.71 bits per heavy atom. The van der Waals surface area contributed by atoms with Crippen LogP contribution in [-0.4, -0.2) is 64.8 Å². The van der Waals surface area contributed by atoms with Crippen LogP contribution in [0.25, 0.3) is 5.69 Å². The Balaban J connectivity index is 2.25. The number of ketones is 1. The summed E-state index contributed by atoms with van der Waals surface area (Å²) in [5, 5.41) is 18.6. The fourth-order valence-corrected chi connectivity index (χ4v) is 4.00. The van der Waals surface area contributed by atoms with Crippen molar-refractivity contribution in [2.24, 2.45) is 5.41 Å². The highest BCUT2D eigenvalue weighted by Gasteiger charge is 2.35. The predicted octanol–water partition coefficient (Wildman–Crippen LogP) is 1.43. The molecule has 8 nitrogen and oxygen atoms in total. The van der Waals surface area contributed by atoms with E-state index in [4.69, 9.17) is 4.74 Å². The van der Waals surface area contributed by atoms with E-state index in [1.807, 2.05) is 13.8 Å². The molecule has 31 heavy (non-hydrogen) atoms. The highest BCUT2D eigenvalue weighted by atomic mass is 16.5. The Morgan fingerprint density at radius 3 is 2.26 bits per heavy atom. The van der Waals surface area contributed by atoms with Crippen LogP contribution in [0.15, 0.2) is 35.1 Å². The molecule has 0 atom stereocenters. The topological polar surface area (TPSA) is 109 Å². The van der Waals surface area contributed by atoms with E-state index in [2.05, 4.69) is 0 Å². The number of carbonyl (C=O) groups is 2.